The molecule has 1 aliphatic rings. The minimum Gasteiger partial charge on any atom is -0.507 e. The van der Waals surface area contributed by atoms with Gasteiger partial charge in [-0.3, -0.25) is 19.5 Å². The molecule has 0 radical (unpaired) electrons. The molecule has 4 rings (SSSR count). The van der Waals surface area contributed by atoms with Crippen LogP contribution in [-0.4, -0.2) is 28.9 Å². The molecule has 6 nitrogen and oxygen atoms in total. The Balaban J connectivity index is 2.01. The topological polar surface area (TPSA) is 79.7 Å². The van der Waals surface area contributed by atoms with Gasteiger partial charge in [0.05, 0.1) is 24.3 Å². The monoisotopic (exact) mass is 428 g/mol. The summed E-state index contributed by atoms with van der Waals surface area (Å²) < 4.78 is 5.53. The van der Waals surface area contributed by atoms with E-state index in [9.17, 15) is 14.7 Å². The Morgan fingerprint density at radius 1 is 1.00 bits per heavy atom. The summed E-state index contributed by atoms with van der Waals surface area (Å²) in [5, 5.41) is 11.4. The fourth-order valence-corrected chi connectivity index (χ4v) is 4.28. The van der Waals surface area contributed by atoms with Gasteiger partial charge in [0.15, 0.2) is 0 Å². The number of amides is 1. The molecule has 0 bridgehead atoms. The lowest BCUT2D eigenvalue weighted by atomic mass is 9.94. The van der Waals surface area contributed by atoms with Crippen LogP contribution in [0.1, 0.15) is 33.9 Å². The van der Waals surface area contributed by atoms with Crippen molar-refractivity contribution in [2.45, 2.75) is 26.8 Å². The van der Waals surface area contributed by atoms with Gasteiger partial charge in [-0.25, -0.2) is 0 Å². The maximum absolute atomic E-state index is 13.3. The van der Waals surface area contributed by atoms with Gasteiger partial charge < -0.3 is 9.84 Å². The third-order valence-electron chi connectivity index (χ3n) is 5.62. The van der Waals surface area contributed by atoms with Gasteiger partial charge in [-0.2, -0.15) is 0 Å². The number of ether oxygens (including phenoxy) is 1. The zero-order valence-electron chi connectivity index (χ0n) is 18.4. The predicted molar refractivity (Wildman–Crippen MR) is 123 cm³/mol. The van der Waals surface area contributed by atoms with Crippen LogP contribution in [-0.2, 0) is 9.59 Å². The van der Waals surface area contributed by atoms with E-state index in [1.807, 2.05) is 45.0 Å². The van der Waals surface area contributed by atoms with E-state index >= 15 is 0 Å². The van der Waals surface area contributed by atoms with Crippen molar-refractivity contribution in [3.05, 3.63) is 94.3 Å². The van der Waals surface area contributed by atoms with Crippen molar-refractivity contribution in [2.24, 2.45) is 0 Å². The molecule has 1 atom stereocenters. The minimum atomic E-state index is -0.801. The first kappa shape index (κ1) is 21.3. The van der Waals surface area contributed by atoms with Crippen LogP contribution < -0.4 is 9.64 Å². The van der Waals surface area contributed by atoms with Gasteiger partial charge in [0.25, 0.3) is 11.7 Å². The number of carbonyl (C=O) groups is 2. The molecule has 32 heavy (non-hydrogen) atoms. The number of hydrogen-bond acceptors (Lipinski definition) is 5. The van der Waals surface area contributed by atoms with Crippen molar-refractivity contribution < 1.29 is 19.4 Å². The Hall–Kier alpha value is -3.93. The molecule has 1 N–H and O–H groups in total. The molecule has 0 saturated carbocycles. The predicted octanol–water partition coefficient (Wildman–Crippen LogP) is 4.64. The molecule has 1 unspecified atom stereocenters. The summed E-state index contributed by atoms with van der Waals surface area (Å²) in [6, 6.07) is 13.7. The first-order valence-corrected chi connectivity index (χ1v) is 10.3. The van der Waals surface area contributed by atoms with Gasteiger partial charge in [-0.05, 0) is 73.4 Å². The smallest absolute Gasteiger partial charge is 0.300 e. The number of carbonyl (C=O) groups excluding carboxylic acids is 2. The molecule has 3 aromatic rings. The van der Waals surface area contributed by atoms with E-state index in [1.165, 1.54) is 12.0 Å². The Morgan fingerprint density at radius 2 is 1.72 bits per heavy atom. The quantitative estimate of drug-likeness (QED) is 0.372. The SMILES string of the molecule is COc1c(C)cc(C)cc1/C(O)=C1\C(=O)C(=O)N(c2cccc(C)c2)C1c1ccncc1. The summed E-state index contributed by atoms with van der Waals surface area (Å²) in [5.74, 6) is -1.23. The highest BCUT2D eigenvalue weighted by Gasteiger charge is 2.47. The Morgan fingerprint density at radius 3 is 2.38 bits per heavy atom. The number of methoxy groups -OCH3 is 1. The number of benzene rings is 2. The van der Waals surface area contributed by atoms with Crippen LogP contribution in [0.2, 0.25) is 0 Å². The van der Waals surface area contributed by atoms with E-state index in [0.717, 1.165) is 16.7 Å². The van der Waals surface area contributed by atoms with Gasteiger partial charge in [-0.1, -0.05) is 18.2 Å². The molecule has 2 heterocycles. The van der Waals surface area contributed by atoms with Crippen LogP contribution in [0.15, 0.2) is 66.5 Å². The lowest BCUT2D eigenvalue weighted by Crippen LogP contribution is -2.29. The van der Waals surface area contributed by atoms with Crippen molar-refractivity contribution in [1.29, 1.82) is 0 Å². The number of aryl methyl sites for hydroxylation is 3. The summed E-state index contributed by atoms with van der Waals surface area (Å²) >= 11 is 0. The van der Waals surface area contributed by atoms with Crippen molar-refractivity contribution in [3.63, 3.8) is 0 Å². The van der Waals surface area contributed by atoms with Gasteiger partial charge >= 0.3 is 0 Å². The van der Waals surface area contributed by atoms with Crippen molar-refractivity contribution in [1.82, 2.24) is 4.98 Å². The molecule has 1 aromatic heterocycles. The maximum atomic E-state index is 13.3. The Kier molecular flexibility index (Phi) is 5.53. The second kappa shape index (κ2) is 8.30. The highest BCUT2D eigenvalue weighted by molar-refractivity contribution is 6.51. The maximum Gasteiger partial charge on any atom is 0.300 e. The van der Waals surface area contributed by atoms with Crippen molar-refractivity contribution in [3.8, 4) is 5.75 Å². The first-order chi connectivity index (χ1) is 15.3. The molecule has 2 aromatic carbocycles. The zero-order chi connectivity index (χ0) is 23.0. The van der Waals surface area contributed by atoms with Crippen LogP contribution in [0.5, 0.6) is 5.75 Å². The molecule has 1 aliphatic heterocycles. The molecule has 0 aliphatic carbocycles. The molecule has 6 heteroatoms. The average Bonchev–Trinajstić information content (AvgIpc) is 3.04. The Bertz CT molecular complexity index is 1250. The van der Waals surface area contributed by atoms with Crippen molar-refractivity contribution >= 4 is 23.1 Å². The van der Waals surface area contributed by atoms with E-state index in [4.69, 9.17) is 4.74 Å². The number of aliphatic hydroxyl groups excluding tert-OH is 1. The van der Waals surface area contributed by atoms with E-state index in [0.29, 0.717) is 22.6 Å². The summed E-state index contributed by atoms with van der Waals surface area (Å²) in [6.07, 6.45) is 3.20. The second-order valence-corrected chi connectivity index (χ2v) is 7.95. The lowest BCUT2D eigenvalue weighted by Gasteiger charge is -2.25. The minimum absolute atomic E-state index is 0.0195. The standard InChI is InChI=1S/C26H24N2O4/c1-15-6-5-7-19(13-15)28-22(18-8-10-27-11-9-18)21(24(30)26(28)31)23(29)20-14-16(2)12-17(3)25(20)32-4/h5-14,22,29H,1-4H3/b23-21+. The van der Waals surface area contributed by atoms with E-state index in [2.05, 4.69) is 4.98 Å². The van der Waals surface area contributed by atoms with Crippen LogP contribution >= 0.6 is 0 Å². The lowest BCUT2D eigenvalue weighted by molar-refractivity contribution is -0.132. The molecular formula is C26H24N2O4. The van der Waals surface area contributed by atoms with E-state index < -0.39 is 17.7 Å². The van der Waals surface area contributed by atoms with Gasteiger partial charge in [0, 0.05) is 18.1 Å². The average molecular weight is 428 g/mol. The number of Topliss-reactive ketones (excluding diaryl/α,β-unsaturated/α-hetero) is 1. The molecule has 1 saturated heterocycles. The third kappa shape index (κ3) is 3.54. The third-order valence-corrected chi connectivity index (χ3v) is 5.62. The van der Waals surface area contributed by atoms with Gasteiger partial charge in [0.1, 0.15) is 11.5 Å². The first-order valence-electron chi connectivity index (χ1n) is 10.3. The fourth-order valence-electron chi connectivity index (χ4n) is 4.28. The normalized spacial score (nSPS) is 17.6. The summed E-state index contributed by atoms with van der Waals surface area (Å²) in [7, 11) is 1.51. The number of pyridine rings is 1. The fraction of sp³-hybridized carbons (Fsp3) is 0.192. The summed E-state index contributed by atoms with van der Waals surface area (Å²) in [5.41, 5.74) is 4.33. The second-order valence-electron chi connectivity index (χ2n) is 7.95. The van der Waals surface area contributed by atoms with Gasteiger partial charge in [-0.15, -0.1) is 0 Å². The van der Waals surface area contributed by atoms with Gasteiger partial charge in [0.2, 0.25) is 0 Å². The van der Waals surface area contributed by atoms with Crippen LogP contribution in [0.4, 0.5) is 5.69 Å². The molecule has 1 amide bonds. The highest BCUT2D eigenvalue weighted by atomic mass is 16.5. The molecule has 0 spiro atoms. The number of anilines is 1. The number of hydrogen-bond donors (Lipinski definition) is 1. The molecule has 162 valence electrons. The van der Waals surface area contributed by atoms with Crippen LogP contribution in [0.25, 0.3) is 5.76 Å². The molecule has 1 fully saturated rings. The summed E-state index contributed by atoms with van der Waals surface area (Å²) in [4.78, 5) is 32.0. The molecular weight excluding hydrogens is 404 g/mol. The van der Waals surface area contributed by atoms with Crippen molar-refractivity contribution in [2.75, 3.05) is 12.0 Å². The zero-order valence-corrected chi connectivity index (χ0v) is 18.4. The van der Waals surface area contributed by atoms with Crippen LogP contribution in [0, 0.1) is 20.8 Å². The highest BCUT2D eigenvalue weighted by Crippen LogP contribution is 2.43. The number of ketones is 1. The number of nitrogens with zero attached hydrogens (tertiary/aromatic N) is 2. The van der Waals surface area contributed by atoms with E-state index in [1.54, 1.807) is 36.7 Å². The number of rotatable bonds is 4. The number of aliphatic hydroxyl groups is 1. The Labute approximate surface area is 186 Å². The number of aromatic nitrogens is 1. The largest absolute Gasteiger partial charge is 0.507 e. The van der Waals surface area contributed by atoms with E-state index in [-0.39, 0.29) is 11.3 Å². The van der Waals surface area contributed by atoms with Crippen LogP contribution in [0.3, 0.4) is 0 Å². The summed E-state index contributed by atoms with van der Waals surface area (Å²) in [6.45, 7) is 5.69.